The lowest BCUT2D eigenvalue weighted by Crippen LogP contribution is -2.30. The van der Waals surface area contributed by atoms with E-state index in [0.717, 1.165) is 0 Å². The fourth-order valence-electron chi connectivity index (χ4n) is 2.01. The number of hydrogen-bond donors (Lipinski definition) is 1. The van der Waals surface area contributed by atoms with Crippen molar-refractivity contribution in [1.82, 2.24) is 0 Å². The van der Waals surface area contributed by atoms with Crippen molar-refractivity contribution < 1.29 is 23.9 Å². The summed E-state index contributed by atoms with van der Waals surface area (Å²) in [4.78, 5) is 45.9. The summed E-state index contributed by atoms with van der Waals surface area (Å²) in [6.45, 7) is 2.91. The maximum atomic E-state index is 12.1. The van der Waals surface area contributed by atoms with Crippen molar-refractivity contribution in [2.45, 2.75) is 20.0 Å². The second kappa shape index (κ2) is 8.01. The quantitative estimate of drug-likeness (QED) is 0.496. The zero-order valence-electron chi connectivity index (χ0n) is 13.8. The highest BCUT2D eigenvalue weighted by Crippen LogP contribution is 2.12. The maximum absolute atomic E-state index is 12.1. The Labute approximate surface area is 144 Å². The van der Waals surface area contributed by atoms with E-state index in [9.17, 15) is 19.2 Å². The molecule has 0 aliphatic rings. The van der Waals surface area contributed by atoms with E-state index >= 15 is 0 Å². The summed E-state index contributed by atoms with van der Waals surface area (Å²) in [6, 6.07) is 12.3. The predicted molar refractivity (Wildman–Crippen MR) is 91.8 cm³/mol. The molecule has 0 saturated carbocycles. The van der Waals surface area contributed by atoms with Crippen LogP contribution >= 0.6 is 0 Å². The topological polar surface area (TPSA) is 89.5 Å². The number of Topliss-reactive ketones (excluding diaryl/α,β-unsaturated/α-hetero) is 1. The molecule has 1 atom stereocenters. The van der Waals surface area contributed by atoms with E-state index in [-0.39, 0.29) is 11.3 Å². The van der Waals surface area contributed by atoms with Gasteiger partial charge < -0.3 is 10.1 Å². The van der Waals surface area contributed by atoms with Crippen molar-refractivity contribution in [1.29, 1.82) is 0 Å². The molecule has 25 heavy (non-hydrogen) atoms. The zero-order valence-corrected chi connectivity index (χ0v) is 13.8. The van der Waals surface area contributed by atoms with E-state index < -0.39 is 18.0 Å². The third kappa shape index (κ3) is 4.84. The molecule has 2 aromatic rings. The van der Waals surface area contributed by atoms with Gasteiger partial charge in [0.15, 0.2) is 11.9 Å². The van der Waals surface area contributed by atoms with Crippen molar-refractivity contribution in [2.75, 3.05) is 5.32 Å². The van der Waals surface area contributed by atoms with Crippen LogP contribution in [-0.2, 0) is 9.53 Å². The van der Waals surface area contributed by atoms with Gasteiger partial charge in [-0.3, -0.25) is 14.4 Å². The van der Waals surface area contributed by atoms with Gasteiger partial charge in [0.1, 0.15) is 6.29 Å². The Hall–Kier alpha value is -3.28. The number of amides is 1. The molecule has 1 unspecified atom stereocenters. The number of ketones is 1. The summed E-state index contributed by atoms with van der Waals surface area (Å²) in [5.41, 5.74) is 1.72. The lowest BCUT2D eigenvalue weighted by molar-refractivity contribution is -0.123. The van der Waals surface area contributed by atoms with Crippen LogP contribution in [-0.4, -0.2) is 30.0 Å². The van der Waals surface area contributed by atoms with Crippen molar-refractivity contribution in [3.8, 4) is 0 Å². The van der Waals surface area contributed by atoms with Crippen LogP contribution in [0.5, 0.6) is 0 Å². The molecule has 0 saturated heterocycles. The number of hydrogen-bond acceptors (Lipinski definition) is 5. The highest BCUT2D eigenvalue weighted by atomic mass is 16.5. The van der Waals surface area contributed by atoms with Gasteiger partial charge in [0.25, 0.3) is 5.91 Å². The Morgan fingerprint density at radius 2 is 1.52 bits per heavy atom. The third-order valence-electron chi connectivity index (χ3n) is 3.49. The molecule has 6 heteroatoms. The Kier molecular flexibility index (Phi) is 5.79. The molecule has 0 aliphatic carbocycles. The Morgan fingerprint density at radius 1 is 0.960 bits per heavy atom. The molecular weight excluding hydrogens is 322 g/mol. The van der Waals surface area contributed by atoms with E-state index in [1.807, 2.05) is 0 Å². The number of benzene rings is 2. The average Bonchev–Trinajstić information content (AvgIpc) is 2.62. The lowest BCUT2D eigenvalue weighted by atomic mass is 10.1. The standard InChI is InChI=1S/C19H17NO5/c1-12(22)15-7-9-17(10-8-15)20-18(23)13(2)25-19(24)16-5-3-14(11-21)4-6-16/h3-11,13H,1-2H3,(H,20,23). The Bertz CT molecular complexity index is 794. The van der Waals surface area contributed by atoms with Crippen LogP contribution < -0.4 is 5.32 Å². The molecular formula is C19H17NO5. The van der Waals surface area contributed by atoms with Gasteiger partial charge in [0, 0.05) is 16.8 Å². The number of aldehydes is 1. The van der Waals surface area contributed by atoms with Crippen LogP contribution in [0.15, 0.2) is 48.5 Å². The van der Waals surface area contributed by atoms with Gasteiger partial charge in [-0.05, 0) is 50.2 Å². The van der Waals surface area contributed by atoms with E-state index in [1.54, 1.807) is 24.3 Å². The van der Waals surface area contributed by atoms with Gasteiger partial charge in [0.2, 0.25) is 0 Å². The molecule has 0 bridgehead atoms. The summed E-state index contributed by atoms with van der Waals surface area (Å²) in [6.07, 6.45) is -0.339. The van der Waals surface area contributed by atoms with Crippen molar-refractivity contribution in [2.24, 2.45) is 0 Å². The molecule has 0 radical (unpaired) electrons. The van der Waals surface area contributed by atoms with Gasteiger partial charge >= 0.3 is 5.97 Å². The largest absolute Gasteiger partial charge is 0.449 e. The van der Waals surface area contributed by atoms with Gasteiger partial charge in [-0.15, -0.1) is 0 Å². The number of anilines is 1. The van der Waals surface area contributed by atoms with Gasteiger partial charge in [-0.25, -0.2) is 4.79 Å². The molecule has 0 aliphatic heterocycles. The van der Waals surface area contributed by atoms with Crippen molar-refractivity contribution in [3.63, 3.8) is 0 Å². The van der Waals surface area contributed by atoms with Crippen LogP contribution in [0.2, 0.25) is 0 Å². The Morgan fingerprint density at radius 3 is 2.04 bits per heavy atom. The first kappa shape index (κ1) is 18.1. The van der Waals surface area contributed by atoms with Crippen LogP contribution in [0.1, 0.15) is 44.9 Å². The molecule has 2 aromatic carbocycles. The predicted octanol–water partition coefficient (Wildman–Crippen LogP) is 2.89. The van der Waals surface area contributed by atoms with E-state index in [2.05, 4.69) is 5.32 Å². The summed E-state index contributed by atoms with van der Waals surface area (Å²) < 4.78 is 5.11. The van der Waals surface area contributed by atoms with Crippen LogP contribution in [0.25, 0.3) is 0 Å². The number of ether oxygens (including phenoxy) is 1. The summed E-state index contributed by atoms with van der Waals surface area (Å²) in [5.74, 6) is -1.22. The molecule has 0 fully saturated rings. The summed E-state index contributed by atoms with van der Waals surface area (Å²) in [7, 11) is 0. The fraction of sp³-hybridized carbons (Fsp3) is 0.158. The van der Waals surface area contributed by atoms with E-state index in [4.69, 9.17) is 4.74 Å². The van der Waals surface area contributed by atoms with Gasteiger partial charge in [0.05, 0.1) is 5.56 Å². The molecule has 1 N–H and O–H groups in total. The lowest BCUT2D eigenvalue weighted by Gasteiger charge is -2.13. The smallest absolute Gasteiger partial charge is 0.338 e. The van der Waals surface area contributed by atoms with Gasteiger partial charge in [-0.2, -0.15) is 0 Å². The molecule has 0 heterocycles. The minimum absolute atomic E-state index is 0.0687. The summed E-state index contributed by atoms with van der Waals surface area (Å²) in [5, 5.41) is 2.61. The number of carbonyl (C=O) groups excluding carboxylic acids is 4. The second-order valence-corrected chi connectivity index (χ2v) is 5.41. The molecule has 2 rings (SSSR count). The van der Waals surface area contributed by atoms with Crippen LogP contribution in [0.3, 0.4) is 0 Å². The first-order chi connectivity index (χ1) is 11.9. The zero-order chi connectivity index (χ0) is 18.4. The SMILES string of the molecule is CC(=O)c1ccc(NC(=O)C(C)OC(=O)c2ccc(C=O)cc2)cc1. The van der Waals surface area contributed by atoms with Crippen LogP contribution in [0, 0.1) is 0 Å². The second-order valence-electron chi connectivity index (χ2n) is 5.41. The minimum atomic E-state index is -1.01. The average molecular weight is 339 g/mol. The number of esters is 1. The normalized spacial score (nSPS) is 11.3. The maximum Gasteiger partial charge on any atom is 0.338 e. The first-order valence-corrected chi connectivity index (χ1v) is 7.59. The molecule has 128 valence electrons. The Balaban J connectivity index is 1.95. The number of nitrogens with one attached hydrogen (secondary N) is 1. The molecule has 1 amide bonds. The van der Waals surface area contributed by atoms with E-state index in [1.165, 1.54) is 38.1 Å². The molecule has 6 nitrogen and oxygen atoms in total. The number of rotatable bonds is 6. The third-order valence-corrected chi connectivity index (χ3v) is 3.49. The van der Waals surface area contributed by atoms with Crippen molar-refractivity contribution >= 4 is 29.6 Å². The number of carbonyl (C=O) groups is 4. The van der Waals surface area contributed by atoms with Gasteiger partial charge in [-0.1, -0.05) is 12.1 Å². The highest BCUT2D eigenvalue weighted by molar-refractivity contribution is 5.98. The molecule has 0 aromatic heterocycles. The molecule has 0 spiro atoms. The minimum Gasteiger partial charge on any atom is -0.449 e. The van der Waals surface area contributed by atoms with Crippen LogP contribution in [0.4, 0.5) is 5.69 Å². The fourth-order valence-corrected chi connectivity index (χ4v) is 2.01. The highest BCUT2D eigenvalue weighted by Gasteiger charge is 2.19. The first-order valence-electron chi connectivity index (χ1n) is 7.59. The van der Waals surface area contributed by atoms with E-state index in [0.29, 0.717) is 23.1 Å². The van der Waals surface area contributed by atoms with Crippen molar-refractivity contribution in [3.05, 3.63) is 65.2 Å². The monoisotopic (exact) mass is 339 g/mol. The summed E-state index contributed by atoms with van der Waals surface area (Å²) >= 11 is 0.